The Morgan fingerprint density at radius 2 is 1.79 bits per heavy atom. The molecule has 4 heteroatoms. The topological polar surface area (TPSA) is 35.5 Å². The largest absolute Gasteiger partial charge is 0.396 e. The third-order valence-electron chi connectivity index (χ3n) is 3.87. The monoisotopic (exact) mass is 284 g/mol. The minimum Gasteiger partial charge on any atom is -0.396 e. The third-order valence-corrected chi connectivity index (χ3v) is 3.87. The Hall–Kier alpha value is -0.610. The van der Waals surface area contributed by atoms with E-state index >= 15 is 0 Å². The summed E-state index contributed by atoms with van der Waals surface area (Å²) >= 11 is 0. The minimum absolute atomic E-state index is 0. The van der Waals surface area contributed by atoms with E-state index in [1.807, 2.05) is 0 Å². The summed E-state index contributed by atoms with van der Waals surface area (Å²) in [5.74, 6) is 0. The molecule has 0 aliphatic carbocycles. The van der Waals surface area contributed by atoms with Crippen LogP contribution >= 0.6 is 12.4 Å². The lowest BCUT2D eigenvalue weighted by atomic mass is 9.93. The molecule has 0 bridgehead atoms. The molecule has 0 spiro atoms. The number of aryl methyl sites for hydroxylation is 2. The van der Waals surface area contributed by atoms with Crippen molar-refractivity contribution in [3.8, 4) is 0 Å². The first-order chi connectivity index (χ1) is 8.74. The van der Waals surface area contributed by atoms with Gasteiger partial charge in [0.15, 0.2) is 0 Å². The molecule has 2 N–H and O–H groups in total. The first-order valence-electron chi connectivity index (χ1n) is 6.85. The van der Waals surface area contributed by atoms with E-state index in [0.717, 1.165) is 32.6 Å². The highest BCUT2D eigenvalue weighted by atomic mass is 35.5. The normalized spacial score (nSPS) is 17.8. The molecule has 1 aliphatic heterocycles. The molecule has 1 aromatic carbocycles. The maximum Gasteiger partial charge on any atom is 0.0449 e. The van der Waals surface area contributed by atoms with Crippen molar-refractivity contribution in [2.45, 2.75) is 26.3 Å². The van der Waals surface area contributed by atoms with Crippen LogP contribution in [0.3, 0.4) is 0 Å². The van der Waals surface area contributed by atoms with Gasteiger partial charge in [-0.25, -0.2) is 0 Å². The van der Waals surface area contributed by atoms with Crippen molar-refractivity contribution in [2.75, 3.05) is 32.8 Å². The molecule has 1 aromatic rings. The van der Waals surface area contributed by atoms with Crippen LogP contribution in [0.2, 0.25) is 0 Å². The highest BCUT2D eigenvalue weighted by Crippen LogP contribution is 2.29. The summed E-state index contributed by atoms with van der Waals surface area (Å²) in [4.78, 5) is 2.50. The van der Waals surface area contributed by atoms with Crippen LogP contribution in [-0.4, -0.2) is 42.8 Å². The van der Waals surface area contributed by atoms with Gasteiger partial charge in [0, 0.05) is 38.8 Å². The number of nitrogens with zero attached hydrogens (tertiary/aromatic N) is 1. The third kappa shape index (κ3) is 3.93. The average molecular weight is 285 g/mol. The molecule has 0 radical (unpaired) electrons. The van der Waals surface area contributed by atoms with Crippen LogP contribution in [0.4, 0.5) is 0 Å². The van der Waals surface area contributed by atoms with Gasteiger partial charge in [0.25, 0.3) is 0 Å². The van der Waals surface area contributed by atoms with E-state index in [1.54, 1.807) is 0 Å². The number of aliphatic hydroxyl groups is 1. The number of hydrogen-bond acceptors (Lipinski definition) is 3. The molecule has 0 amide bonds. The maximum absolute atomic E-state index is 9.37. The van der Waals surface area contributed by atoms with E-state index in [1.165, 1.54) is 16.7 Å². The molecule has 2 rings (SSSR count). The molecule has 19 heavy (non-hydrogen) atoms. The summed E-state index contributed by atoms with van der Waals surface area (Å²) in [6, 6.07) is 6.82. The maximum atomic E-state index is 9.37. The Morgan fingerprint density at radius 1 is 1.21 bits per heavy atom. The molecule has 1 aliphatic rings. The average Bonchev–Trinajstić information content (AvgIpc) is 2.38. The van der Waals surface area contributed by atoms with E-state index < -0.39 is 0 Å². The van der Waals surface area contributed by atoms with Crippen LogP contribution in [0.15, 0.2) is 18.2 Å². The standard InChI is InChI=1S/C15H24N2O.ClH/c1-12-4-3-5-13(2)15(12)14(6-11-18)17-9-7-16-8-10-17;/h3-5,14,16,18H,6-11H2,1-2H3;1H/t14-;/m1./s1. The van der Waals surface area contributed by atoms with E-state index in [9.17, 15) is 5.11 Å². The Bertz CT molecular complexity index is 371. The van der Waals surface area contributed by atoms with E-state index in [0.29, 0.717) is 6.04 Å². The number of aliphatic hydroxyl groups excluding tert-OH is 1. The van der Waals surface area contributed by atoms with Crippen LogP contribution < -0.4 is 5.32 Å². The van der Waals surface area contributed by atoms with E-state index in [2.05, 4.69) is 42.3 Å². The summed E-state index contributed by atoms with van der Waals surface area (Å²) in [6.07, 6.45) is 0.825. The minimum atomic E-state index is 0. The smallest absolute Gasteiger partial charge is 0.0449 e. The Kier molecular flexibility index (Phi) is 6.80. The summed E-state index contributed by atoms with van der Waals surface area (Å²) in [5.41, 5.74) is 4.09. The molecule has 1 atom stereocenters. The van der Waals surface area contributed by atoms with Gasteiger partial charge in [-0.05, 0) is 37.0 Å². The van der Waals surface area contributed by atoms with Gasteiger partial charge in [0.05, 0.1) is 0 Å². The van der Waals surface area contributed by atoms with Crippen molar-refractivity contribution in [3.63, 3.8) is 0 Å². The van der Waals surface area contributed by atoms with Gasteiger partial charge >= 0.3 is 0 Å². The predicted octanol–water partition coefficient (Wildman–Crippen LogP) is 2.05. The highest BCUT2D eigenvalue weighted by molar-refractivity contribution is 5.85. The fourth-order valence-electron chi connectivity index (χ4n) is 2.98. The number of piperazine rings is 1. The second-order valence-electron chi connectivity index (χ2n) is 5.12. The zero-order chi connectivity index (χ0) is 13.0. The lowest BCUT2D eigenvalue weighted by Crippen LogP contribution is -2.45. The fraction of sp³-hybridized carbons (Fsp3) is 0.600. The van der Waals surface area contributed by atoms with Crippen LogP contribution in [0.1, 0.15) is 29.2 Å². The summed E-state index contributed by atoms with van der Waals surface area (Å²) < 4.78 is 0. The molecule has 0 saturated carbocycles. The SMILES string of the molecule is Cc1cccc(C)c1[C@@H](CCO)N1CCNCC1.Cl. The Labute approximate surface area is 122 Å². The van der Waals surface area contributed by atoms with Crippen molar-refractivity contribution in [2.24, 2.45) is 0 Å². The second kappa shape index (κ2) is 7.85. The Balaban J connectivity index is 0.00000180. The van der Waals surface area contributed by atoms with Crippen LogP contribution in [0.5, 0.6) is 0 Å². The van der Waals surface area contributed by atoms with Gasteiger partial charge in [-0.2, -0.15) is 0 Å². The first kappa shape index (κ1) is 16.4. The number of hydrogen-bond donors (Lipinski definition) is 2. The number of nitrogens with one attached hydrogen (secondary N) is 1. The van der Waals surface area contributed by atoms with E-state index in [4.69, 9.17) is 0 Å². The highest BCUT2D eigenvalue weighted by Gasteiger charge is 2.24. The quantitative estimate of drug-likeness (QED) is 0.888. The molecule has 1 fully saturated rings. The zero-order valence-electron chi connectivity index (χ0n) is 11.9. The van der Waals surface area contributed by atoms with Crippen molar-refractivity contribution in [3.05, 3.63) is 34.9 Å². The van der Waals surface area contributed by atoms with Crippen molar-refractivity contribution >= 4 is 12.4 Å². The summed E-state index contributed by atoms with van der Waals surface area (Å²) in [7, 11) is 0. The van der Waals surface area contributed by atoms with Gasteiger partial charge in [0.2, 0.25) is 0 Å². The van der Waals surface area contributed by atoms with E-state index in [-0.39, 0.29) is 19.0 Å². The molecule has 3 nitrogen and oxygen atoms in total. The fourth-order valence-corrected chi connectivity index (χ4v) is 2.98. The first-order valence-corrected chi connectivity index (χ1v) is 6.85. The van der Waals surface area contributed by atoms with Crippen LogP contribution in [0, 0.1) is 13.8 Å². The molecule has 1 saturated heterocycles. The number of benzene rings is 1. The predicted molar refractivity (Wildman–Crippen MR) is 82.1 cm³/mol. The molecular weight excluding hydrogens is 260 g/mol. The van der Waals surface area contributed by atoms with Gasteiger partial charge in [-0.3, -0.25) is 4.90 Å². The van der Waals surface area contributed by atoms with Gasteiger partial charge < -0.3 is 10.4 Å². The summed E-state index contributed by atoms with van der Waals surface area (Å²) in [5, 5.41) is 12.8. The lowest BCUT2D eigenvalue weighted by Gasteiger charge is -2.36. The molecule has 0 aromatic heterocycles. The van der Waals surface area contributed by atoms with Crippen molar-refractivity contribution in [1.29, 1.82) is 0 Å². The van der Waals surface area contributed by atoms with Crippen molar-refractivity contribution in [1.82, 2.24) is 10.2 Å². The van der Waals surface area contributed by atoms with Crippen LogP contribution in [0.25, 0.3) is 0 Å². The summed E-state index contributed by atoms with van der Waals surface area (Å²) in [6.45, 7) is 8.84. The zero-order valence-corrected chi connectivity index (χ0v) is 12.7. The lowest BCUT2D eigenvalue weighted by molar-refractivity contribution is 0.140. The number of rotatable bonds is 4. The number of halogens is 1. The second-order valence-corrected chi connectivity index (χ2v) is 5.12. The van der Waals surface area contributed by atoms with Gasteiger partial charge in [0.1, 0.15) is 0 Å². The molecule has 0 unspecified atom stereocenters. The molecule has 108 valence electrons. The van der Waals surface area contributed by atoms with Crippen LogP contribution in [-0.2, 0) is 0 Å². The van der Waals surface area contributed by atoms with Crippen molar-refractivity contribution < 1.29 is 5.11 Å². The van der Waals surface area contributed by atoms with Gasteiger partial charge in [-0.1, -0.05) is 18.2 Å². The molecular formula is C15H25ClN2O. The Morgan fingerprint density at radius 3 is 2.32 bits per heavy atom. The van der Waals surface area contributed by atoms with Gasteiger partial charge in [-0.15, -0.1) is 12.4 Å². The molecule has 1 heterocycles.